The van der Waals surface area contributed by atoms with E-state index in [1.165, 1.54) is 44.9 Å². The summed E-state index contributed by atoms with van der Waals surface area (Å²) >= 11 is 0. The van der Waals surface area contributed by atoms with Gasteiger partial charge in [-0.15, -0.1) is 0 Å². The van der Waals surface area contributed by atoms with Gasteiger partial charge >= 0.3 is 6.03 Å². The molecule has 5 heteroatoms. The van der Waals surface area contributed by atoms with Gasteiger partial charge in [-0.1, -0.05) is 32.1 Å². The highest BCUT2D eigenvalue weighted by Crippen LogP contribution is 2.35. The Labute approximate surface area is 152 Å². The van der Waals surface area contributed by atoms with Crippen molar-refractivity contribution in [3.05, 3.63) is 0 Å². The fourth-order valence-electron chi connectivity index (χ4n) is 4.91. The third kappa shape index (κ3) is 5.11. The molecule has 3 fully saturated rings. The number of nitrogens with zero attached hydrogens (tertiary/aromatic N) is 2. The number of amides is 3. The van der Waals surface area contributed by atoms with E-state index in [0.717, 1.165) is 45.3 Å². The van der Waals surface area contributed by atoms with Crippen LogP contribution in [-0.2, 0) is 4.79 Å². The van der Waals surface area contributed by atoms with Gasteiger partial charge in [0, 0.05) is 38.6 Å². The number of nitrogens with one attached hydrogen (secondary N) is 1. The Morgan fingerprint density at radius 1 is 0.800 bits per heavy atom. The third-order valence-electron chi connectivity index (χ3n) is 6.33. The van der Waals surface area contributed by atoms with E-state index in [2.05, 4.69) is 10.2 Å². The fraction of sp³-hybridized carbons (Fsp3) is 0.900. The van der Waals surface area contributed by atoms with E-state index < -0.39 is 0 Å². The van der Waals surface area contributed by atoms with Gasteiger partial charge in [0.05, 0.1) is 0 Å². The maximum absolute atomic E-state index is 12.6. The van der Waals surface area contributed by atoms with Crippen molar-refractivity contribution >= 4 is 11.9 Å². The quantitative estimate of drug-likeness (QED) is 0.847. The number of rotatable bonds is 3. The molecule has 0 radical (unpaired) electrons. The summed E-state index contributed by atoms with van der Waals surface area (Å²) in [6.45, 7) is 3.14. The van der Waals surface area contributed by atoms with Crippen LogP contribution < -0.4 is 5.32 Å². The van der Waals surface area contributed by atoms with E-state index in [1.54, 1.807) is 0 Å². The molecule has 2 saturated heterocycles. The molecule has 142 valence electrons. The van der Waals surface area contributed by atoms with Crippen LogP contribution in [0.2, 0.25) is 0 Å². The zero-order valence-corrected chi connectivity index (χ0v) is 15.7. The molecule has 0 aromatic rings. The molecule has 0 aromatic carbocycles. The van der Waals surface area contributed by atoms with Crippen molar-refractivity contribution in [3.63, 3.8) is 0 Å². The molecular weight excluding hydrogens is 314 g/mol. The number of likely N-dealkylation sites (tertiary alicyclic amines) is 2. The van der Waals surface area contributed by atoms with Crippen LogP contribution in [0, 0.1) is 5.92 Å². The van der Waals surface area contributed by atoms with Crippen LogP contribution in [-0.4, -0.2) is 54.0 Å². The lowest BCUT2D eigenvalue weighted by Crippen LogP contribution is -2.53. The van der Waals surface area contributed by atoms with Gasteiger partial charge in [-0.2, -0.15) is 0 Å². The van der Waals surface area contributed by atoms with E-state index in [0.29, 0.717) is 24.9 Å². The zero-order chi connectivity index (χ0) is 17.5. The molecule has 0 bridgehead atoms. The van der Waals surface area contributed by atoms with E-state index in [4.69, 9.17) is 0 Å². The summed E-state index contributed by atoms with van der Waals surface area (Å²) in [7, 11) is 0. The number of carbonyl (C=O) groups is 2. The summed E-state index contributed by atoms with van der Waals surface area (Å²) in [5, 5.41) is 3.02. The van der Waals surface area contributed by atoms with Crippen LogP contribution in [0.3, 0.4) is 0 Å². The zero-order valence-electron chi connectivity index (χ0n) is 15.7. The van der Waals surface area contributed by atoms with Gasteiger partial charge in [-0.3, -0.25) is 4.79 Å². The minimum absolute atomic E-state index is 0.0528. The second-order valence-corrected chi connectivity index (χ2v) is 8.08. The smallest absolute Gasteiger partial charge is 0.317 e. The monoisotopic (exact) mass is 349 g/mol. The minimum Gasteiger partial charge on any atom is -0.343 e. The van der Waals surface area contributed by atoms with Gasteiger partial charge in [0.2, 0.25) is 5.91 Å². The first-order valence-corrected chi connectivity index (χ1v) is 10.6. The van der Waals surface area contributed by atoms with Crippen molar-refractivity contribution < 1.29 is 9.59 Å². The molecule has 0 aromatic heterocycles. The molecule has 2 atom stereocenters. The Morgan fingerprint density at radius 2 is 1.48 bits per heavy atom. The van der Waals surface area contributed by atoms with Crippen LogP contribution in [0.25, 0.3) is 0 Å². The van der Waals surface area contributed by atoms with Crippen molar-refractivity contribution in [2.75, 3.05) is 26.2 Å². The Balaban J connectivity index is 1.41. The molecule has 3 amide bonds. The number of carbonyl (C=O) groups excluding carboxylic acids is 2. The highest BCUT2D eigenvalue weighted by molar-refractivity contribution is 5.78. The van der Waals surface area contributed by atoms with Crippen molar-refractivity contribution in [3.8, 4) is 0 Å². The first kappa shape index (κ1) is 18.5. The Bertz CT molecular complexity index is 444. The molecule has 0 spiro atoms. The average Bonchev–Trinajstić information content (AvgIpc) is 2.60. The van der Waals surface area contributed by atoms with E-state index >= 15 is 0 Å². The summed E-state index contributed by atoms with van der Waals surface area (Å²) < 4.78 is 0. The first-order chi connectivity index (χ1) is 12.3. The average molecular weight is 350 g/mol. The Morgan fingerprint density at radius 3 is 2.28 bits per heavy atom. The molecule has 25 heavy (non-hydrogen) atoms. The van der Waals surface area contributed by atoms with Gasteiger partial charge in [-0.25, -0.2) is 4.79 Å². The van der Waals surface area contributed by atoms with Gasteiger partial charge in [0.15, 0.2) is 0 Å². The molecule has 1 aliphatic carbocycles. The van der Waals surface area contributed by atoms with E-state index in [-0.39, 0.29) is 11.9 Å². The lowest BCUT2D eigenvalue weighted by molar-refractivity contribution is -0.131. The lowest BCUT2D eigenvalue weighted by atomic mass is 9.78. The molecular formula is C20H35N3O2. The largest absolute Gasteiger partial charge is 0.343 e. The molecule has 2 unspecified atom stereocenters. The number of fused-ring (bicyclic) bond motifs is 1. The van der Waals surface area contributed by atoms with Gasteiger partial charge in [0.1, 0.15) is 0 Å². The van der Waals surface area contributed by atoms with Crippen LogP contribution in [0.15, 0.2) is 0 Å². The van der Waals surface area contributed by atoms with E-state index in [1.807, 2.05) is 4.90 Å². The topological polar surface area (TPSA) is 52.7 Å². The Hall–Kier alpha value is -1.26. The predicted molar refractivity (Wildman–Crippen MR) is 99.4 cm³/mol. The molecule has 3 rings (SSSR count). The fourth-order valence-corrected chi connectivity index (χ4v) is 4.91. The van der Waals surface area contributed by atoms with Crippen LogP contribution in [0.1, 0.15) is 77.0 Å². The van der Waals surface area contributed by atoms with Crippen LogP contribution >= 0.6 is 0 Å². The SMILES string of the molecule is O=C(CCNC(=O)N1CCCC2CCCCC21)N1CCCCCCC1. The van der Waals surface area contributed by atoms with Crippen LogP contribution in [0.4, 0.5) is 4.79 Å². The van der Waals surface area contributed by atoms with Crippen molar-refractivity contribution in [2.45, 2.75) is 83.1 Å². The van der Waals surface area contributed by atoms with Crippen molar-refractivity contribution in [1.82, 2.24) is 15.1 Å². The number of hydrogen-bond acceptors (Lipinski definition) is 2. The second-order valence-electron chi connectivity index (χ2n) is 8.08. The summed E-state index contributed by atoms with van der Waals surface area (Å²) in [6, 6.07) is 0.490. The molecule has 1 N–H and O–H groups in total. The third-order valence-corrected chi connectivity index (χ3v) is 6.33. The molecule has 1 saturated carbocycles. The summed E-state index contributed by atoms with van der Waals surface area (Å²) in [5.41, 5.74) is 0. The summed E-state index contributed by atoms with van der Waals surface area (Å²) in [6.07, 6.45) is 13.9. The molecule has 2 heterocycles. The van der Waals surface area contributed by atoms with Crippen molar-refractivity contribution in [1.29, 1.82) is 0 Å². The standard InChI is InChI=1S/C20H35N3O2/c24-19(22-14-6-2-1-3-7-15-22)12-13-21-20(25)23-16-8-10-17-9-4-5-11-18(17)23/h17-18H,1-16H2,(H,21,25). The maximum atomic E-state index is 12.6. The minimum atomic E-state index is 0.0528. The molecule has 5 nitrogen and oxygen atoms in total. The van der Waals surface area contributed by atoms with Gasteiger partial charge in [0.25, 0.3) is 0 Å². The van der Waals surface area contributed by atoms with Crippen LogP contribution in [0.5, 0.6) is 0 Å². The highest BCUT2D eigenvalue weighted by atomic mass is 16.2. The highest BCUT2D eigenvalue weighted by Gasteiger charge is 2.35. The predicted octanol–water partition coefficient (Wildman–Crippen LogP) is 3.53. The normalized spacial score (nSPS) is 27.8. The molecule has 3 aliphatic rings. The van der Waals surface area contributed by atoms with Crippen molar-refractivity contribution in [2.24, 2.45) is 5.92 Å². The van der Waals surface area contributed by atoms with Gasteiger partial charge < -0.3 is 15.1 Å². The molecule has 2 aliphatic heterocycles. The summed E-state index contributed by atoms with van der Waals surface area (Å²) in [5.74, 6) is 0.910. The number of piperidine rings is 1. The lowest BCUT2D eigenvalue weighted by Gasteiger charge is -2.44. The van der Waals surface area contributed by atoms with Gasteiger partial charge in [-0.05, 0) is 44.4 Å². The van der Waals surface area contributed by atoms with E-state index in [9.17, 15) is 9.59 Å². The maximum Gasteiger partial charge on any atom is 0.317 e. The first-order valence-electron chi connectivity index (χ1n) is 10.6. The summed E-state index contributed by atoms with van der Waals surface area (Å²) in [4.78, 5) is 29.1. The second kappa shape index (κ2) is 9.44. The Kier molecular flexibility index (Phi) is 7.00. The number of hydrogen-bond donors (Lipinski definition) is 1. The number of urea groups is 1.